The first-order chi connectivity index (χ1) is 8.42. The van der Waals surface area contributed by atoms with E-state index in [-0.39, 0.29) is 34.4 Å². The van der Waals surface area contributed by atoms with Crippen LogP contribution in [0.2, 0.25) is 5.02 Å². The summed E-state index contributed by atoms with van der Waals surface area (Å²) in [4.78, 5) is -0.0105. The van der Waals surface area contributed by atoms with E-state index in [0.717, 1.165) is 0 Å². The van der Waals surface area contributed by atoms with E-state index in [4.69, 9.17) is 22.6 Å². The number of nitriles is 1. The molecule has 0 saturated heterocycles. The molecule has 8 heteroatoms. The maximum Gasteiger partial charge on any atom is 0.242 e. The van der Waals surface area contributed by atoms with E-state index in [9.17, 15) is 8.42 Å². The molecule has 104 valence electrons. The van der Waals surface area contributed by atoms with Crippen molar-refractivity contribution >= 4 is 34.0 Å². The van der Waals surface area contributed by atoms with E-state index in [2.05, 4.69) is 4.72 Å². The van der Waals surface area contributed by atoms with Gasteiger partial charge in [0, 0.05) is 12.1 Å². The summed E-state index contributed by atoms with van der Waals surface area (Å²) in [6.07, 6.45) is 1.26. The molecule has 1 fully saturated rings. The molecule has 0 atom stereocenters. The predicted molar refractivity (Wildman–Crippen MR) is 74.7 cm³/mol. The Morgan fingerprint density at radius 3 is 2.53 bits per heavy atom. The van der Waals surface area contributed by atoms with Gasteiger partial charge in [0.25, 0.3) is 0 Å². The van der Waals surface area contributed by atoms with E-state index in [0.29, 0.717) is 18.4 Å². The van der Waals surface area contributed by atoms with E-state index < -0.39 is 10.0 Å². The van der Waals surface area contributed by atoms with Crippen LogP contribution >= 0.6 is 24.0 Å². The average molecular weight is 322 g/mol. The number of hydrogen-bond acceptors (Lipinski definition) is 4. The molecule has 0 amide bonds. The SMILES string of the molecule is Cl.N#Cc1ccc(S(=O)(=O)NC2CC(N)C2)c(Cl)c1. The van der Waals surface area contributed by atoms with Gasteiger partial charge in [0.1, 0.15) is 4.90 Å². The van der Waals surface area contributed by atoms with Crippen molar-refractivity contribution in [2.75, 3.05) is 0 Å². The fraction of sp³-hybridized carbons (Fsp3) is 0.364. The molecule has 0 aliphatic heterocycles. The van der Waals surface area contributed by atoms with Gasteiger partial charge in [-0.3, -0.25) is 0 Å². The molecule has 0 unspecified atom stereocenters. The summed E-state index contributed by atoms with van der Waals surface area (Å²) in [7, 11) is -3.65. The molecule has 1 aromatic carbocycles. The van der Waals surface area contributed by atoms with E-state index >= 15 is 0 Å². The summed E-state index contributed by atoms with van der Waals surface area (Å²) in [5.41, 5.74) is 5.92. The highest BCUT2D eigenvalue weighted by atomic mass is 35.5. The Morgan fingerprint density at radius 2 is 2.05 bits per heavy atom. The smallest absolute Gasteiger partial charge is 0.242 e. The largest absolute Gasteiger partial charge is 0.328 e. The standard InChI is InChI=1S/C11H12ClN3O2S.ClH/c12-10-3-7(6-13)1-2-11(10)18(16,17)15-9-4-8(14)5-9;/h1-3,8-9,15H,4-5,14H2;1H. The van der Waals surface area contributed by atoms with Gasteiger partial charge < -0.3 is 5.73 Å². The van der Waals surface area contributed by atoms with Crippen LogP contribution in [0.25, 0.3) is 0 Å². The van der Waals surface area contributed by atoms with Crippen molar-refractivity contribution in [3.8, 4) is 6.07 Å². The molecule has 0 bridgehead atoms. The number of nitrogens with two attached hydrogens (primary N) is 1. The highest BCUT2D eigenvalue weighted by Crippen LogP contribution is 2.25. The van der Waals surface area contributed by atoms with Crippen molar-refractivity contribution < 1.29 is 8.42 Å². The zero-order valence-electron chi connectivity index (χ0n) is 9.84. The number of hydrogen-bond donors (Lipinski definition) is 2. The molecule has 1 aromatic rings. The van der Waals surface area contributed by atoms with Gasteiger partial charge >= 0.3 is 0 Å². The maximum atomic E-state index is 12.0. The lowest BCUT2D eigenvalue weighted by Crippen LogP contribution is -2.50. The quantitative estimate of drug-likeness (QED) is 0.879. The van der Waals surface area contributed by atoms with Crippen LogP contribution in [0, 0.1) is 11.3 Å². The lowest BCUT2D eigenvalue weighted by atomic mass is 9.89. The van der Waals surface area contributed by atoms with Crippen LogP contribution in [0.5, 0.6) is 0 Å². The third-order valence-corrected chi connectivity index (χ3v) is 4.85. The van der Waals surface area contributed by atoms with Crippen molar-refractivity contribution in [2.24, 2.45) is 5.73 Å². The summed E-state index contributed by atoms with van der Waals surface area (Å²) < 4.78 is 26.6. The molecule has 0 heterocycles. The van der Waals surface area contributed by atoms with E-state index in [1.165, 1.54) is 18.2 Å². The fourth-order valence-corrected chi connectivity index (χ4v) is 3.64. The van der Waals surface area contributed by atoms with Gasteiger partial charge in [-0.15, -0.1) is 12.4 Å². The summed E-state index contributed by atoms with van der Waals surface area (Å²) in [5, 5.41) is 8.74. The Kier molecular flexibility index (Phi) is 5.18. The van der Waals surface area contributed by atoms with Gasteiger partial charge in [-0.25, -0.2) is 13.1 Å². The number of halogens is 2. The van der Waals surface area contributed by atoms with Crippen molar-refractivity contribution in [2.45, 2.75) is 29.8 Å². The molecule has 3 N–H and O–H groups in total. The topological polar surface area (TPSA) is 96.0 Å². The van der Waals surface area contributed by atoms with Gasteiger partial charge in [-0.1, -0.05) is 11.6 Å². The minimum absolute atomic E-state index is 0. The highest BCUT2D eigenvalue weighted by molar-refractivity contribution is 7.89. The van der Waals surface area contributed by atoms with Crippen molar-refractivity contribution in [3.05, 3.63) is 28.8 Å². The Hall–Kier alpha value is -0.840. The lowest BCUT2D eigenvalue weighted by Gasteiger charge is -2.32. The van der Waals surface area contributed by atoms with Gasteiger partial charge in [0.15, 0.2) is 0 Å². The lowest BCUT2D eigenvalue weighted by molar-refractivity contribution is 0.327. The molecule has 0 aromatic heterocycles. The summed E-state index contributed by atoms with van der Waals surface area (Å²) >= 11 is 5.87. The Morgan fingerprint density at radius 1 is 1.42 bits per heavy atom. The van der Waals surface area contributed by atoms with Crippen LogP contribution in [0.15, 0.2) is 23.1 Å². The second kappa shape index (κ2) is 6.07. The number of benzene rings is 1. The fourth-order valence-electron chi connectivity index (χ4n) is 1.83. The second-order valence-corrected chi connectivity index (χ2v) is 6.40. The second-order valence-electron chi connectivity index (χ2n) is 4.31. The van der Waals surface area contributed by atoms with Crippen molar-refractivity contribution in [1.29, 1.82) is 5.26 Å². The van der Waals surface area contributed by atoms with E-state index in [1.807, 2.05) is 6.07 Å². The molecule has 0 radical (unpaired) electrons. The van der Waals surface area contributed by atoms with Crippen LogP contribution in [0.3, 0.4) is 0 Å². The van der Waals surface area contributed by atoms with Crippen molar-refractivity contribution in [1.82, 2.24) is 4.72 Å². The Bertz CT molecular complexity index is 607. The number of nitrogens with zero attached hydrogens (tertiary/aromatic N) is 1. The van der Waals surface area contributed by atoms with Gasteiger partial charge in [0.2, 0.25) is 10.0 Å². The molecule has 0 spiro atoms. The van der Waals surface area contributed by atoms with Crippen LogP contribution in [0.4, 0.5) is 0 Å². The zero-order valence-corrected chi connectivity index (χ0v) is 12.2. The third-order valence-electron chi connectivity index (χ3n) is 2.85. The minimum Gasteiger partial charge on any atom is -0.328 e. The molecule has 1 aliphatic carbocycles. The molecule has 2 rings (SSSR count). The number of rotatable bonds is 3. The Labute approximate surface area is 123 Å². The van der Waals surface area contributed by atoms with Crippen LogP contribution in [0.1, 0.15) is 18.4 Å². The van der Waals surface area contributed by atoms with Crippen LogP contribution in [-0.4, -0.2) is 20.5 Å². The molecular weight excluding hydrogens is 309 g/mol. The molecular formula is C11H13Cl2N3O2S. The average Bonchev–Trinajstić information content (AvgIpc) is 2.26. The normalized spacial score (nSPS) is 21.9. The monoisotopic (exact) mass is 321 g/mol. The Balaban J connectivity index is 0.00000180. The third kappa shape index (κ3) is 3.59. The number of nitrogens with one attached hydrogen (secondary N) is 1. The zero-order chi connectivity index (χ0) is 13.3. The first-order valence-electron chi connectivity index (χ1n) is 5.40. The summed E-state index contributed by atoms with van der Waals surface area (Å²) in [6, 6.07) is 5.93. The summed E-state index contributed by atoms with van der Waals surface area (Å²) in [5.74, 6) is 0. The summed E-state index contributed by atoms with van der Waals surface area (Å²) in [6.45, 7) is 0. The van der Waals surface area contributed by atoms with Crippen LogP contribution in [-0.2, 0) is 10.0 Å². The molecule has 1 aliphatic rings. The molecule has 5 nitrogen and oxygen atoms in total. The predicted octanol–water partition coefficient (Wildman–Crippen LogP) is 1.40. The van der Waals surface area contributed by atoms with Crippen LogP contribution < -0.4 is 10.5 Å². The van der Waals surface area contributed by atoms with Crippen molar-refractivity contribution in [3.63, 3.8) is 0 Å². The van der Waals surface area contributed by atoms with Gasteiger partial charge in [0.05, 0.1) is 16.7 Å². The maximum absolute atomic E-state index is 12.0. The first-order valence-corrected chi connectivity index (χ1v) is 7.26. The molecule has 1 saturated carbocycles. The number of sulfonamides is 1. The van der Waals surface area contributed by atoms with E-state index in [1.54, 1.807) is 0 Å². The highest BCUT2D eigenvalue weighted by Gasteiger charge is 2.31. The minimum atomic E-state index is -3.65. The first kappa shape index (κ1) is 16.2. The molecule has 19 heavy (non-hydrogen) atoms. The van der Waals surface area contributed by atoms with Gasteiger partial charge in [-0.2, -0.15) is 5.26 Å². The van der Waals surface area contributed by atoms with Gasteiger partial charge in [-0.05, 0) is 31.0 Å².